The molecule has 0 aromatic carbocycles. The summed E-state index contributed by atoms with van der Waals surface area (Å²) in [6.45, 7) is 11.2. The maximum atomic E-state index is 12.4. The molecule has 0 heterocycles. The average Bonchev–Trinajstić information content (AvgIpc) is 2.42. The van der Waals surface area contributed by atoms with Gasteiger partial charge in [0.25, 0.3) is 0 Å². The molecule has 0 aliphatic rings. The molecule has 1 unspecified atom stereocenters. The van der Waals surface area contributed by atoms with Crippen LogP contribution in [-0.2, 0) is 9.59 Å². The fraction of sp³-hybridized carbons (Fsp3) is 0.882. The molecule has 22 heavy (non-hydrogen) atoms. The van der Waals surface area contributed by atoms with Gasteiger partial charge in [0.15, 0.2) is 5.78 Å². The fourth-order valence-corrected chi connectivity index (χ4v) is 2.34. The van der Waals surface area contributed by atoms with E-state index >= 15 is 0 Å². The number of unbranched alkanes of at least 4 members (excludes halogenated alkanes) is 2. The van der Waals surface area contributed by atoms with E-state index in [-0.39, 0.29) is 23.7 Å². The largest absolute Gasteiger partial charge is 0.391 e. The van der Waals surface area contributed by atoms with Gasteiger partial charge in [0.1, 0.15) is 6.04 Å². The number of nitrogens with one attached hydrogen (secondary N) is 2. The number of carbonyl (C=O) groups excluding carboxylic acids is 2. The van der Waals surface area contributed by atoms with Gasteiger partial charge in [0.05, 0.1) is 12.1 Å². The van der Waals surface area contributed by atoms with E-state index in [1.54, 1.807) is 6.92 Å². The summed E-state index contributed by atoms with van der Waals surface area (Å²) in [5.41, 5.74) is 0. The third-order valence-electron chi connectivity index (χ3n) is 3.60. The van der Waals surface area contributed by atoms with Crippen LogP contribution < -0.4 is 10.6 Å². The lowest BCUT2D eigenvalue weighted by atomic mass is 9.96. The third-order valence-corrected chi connectivity index (χ3v) is 3.60. The standard InChI is InChI=1S/C17H34N2O3/c1-7-8-9-10-14(16(21)11(2)3)19-17(22)15(13(6)20)18-12(4)5/h11-15,18,20H,7-10H2,1-6H3,(H,19,22)/t13?,14-,15-/m0/s1. The van der Waals surface area contributed by atoms with Gasteiger partial charge >= 0.3 is 0 Å². The van der Waals surface area contributed by atoms with Crippen LogP contribution in [0.25, 0.3) is 0 Å². The van der Waals surface area contributed by atoms with Crippen LogP contribution in [-0.4, -0.2) is 41.0 Å². The van der Waals surface area contributed by atoms with E-state index < -0.39 is 18.2 Å². The molecule has 0 radical (unpaired) electrons. The summed E-state index contributed by atoms with van der Waals surface area (Å²) in [4.78, 5) is 24.7. The fourth-order valence-electron chi connectivity index (χ4n) is 2.34. The second-order valence-electron chi connectivity index (χ2n) is 6.65. The summed E-state index contributed by atoms with van der Waals surface area (Å²) in [6, 6.07) is -1.09. The van der Waals surface area contributed by atoms with E-state index in [1.807, 2.05) is 27.7 Å². The highest BCUT2D eigenvalue weighted by atomic mass is 16.3. The van der Waals surface area contributed by atoms with E-state index in [9.17, 15) is 14.7 Å². The Morgan fingerprint density at radius 2 is 1.64 bits per heavy atom. The van der Waals surface area contributed by atoms with Gasteiger partial charge in [-0.25, -0.2) is 0 Å². The van der Waals surface area contributed by atoms with E-state index in [0.29, 0.717) is 6.42 Å². The molecule has 5 nitrogen and oxygen atoms in total. The summed E-state index contributed by atoms with van der Waals surface area (Å²) >= 11 is 0. The molecule has 1 amide bonds. The van der Waals surface area contributed by atoms with Gasteiger partial charge in [-0.15, -0.1) is 0 Å². The normalized spacial score (nSPS) is 15.7. The highest BCUT2D eigenvalue weighted by Crippen LogP contribution is 2.10. The predicted octanol–water partition coefficient (Wildman–Crippen LogP) is 2.02. The lowest BCUT2D eigenvalue weighted by Crippen LogP contribution is -2.56. The van der Waals surface area contributed by atoms with Crippen LogP contribution >= 0.6 is 0 Å². The zero-order valence-corrected chi connectivity index (χ0v) is 15.0. The number of amides is 1. The molecule has 0 spiro atoms. The van der Waals surface area contributed by atoms with Crippen LogP contribution in [0.2, 0.25) is 0 Å². The molecule has 0 aromatic heterocycles. The average molecular weight is 314 g/mol. The summed E-state index contributed by atoms with van der Waals surface area (Å²) in [7, 11) is 0. The number of carbonyl (C=O) groups is 2. The molecule has 5 heteroatoms. The van der Waals surface area contributed by atoms with E-state index in [4.69, 9.17) is 0 Å². The zero-order chi connectivity index (χ0) is 17.3. The van der Waals surface area contributed by atoms with Crippen LogP contribution in [0.4, 0.5) is 0 Å². The monoisotopic (exact) mass is 314 g/mol. The van der Waals surface area contributed by atoms with Crippen LogP contribution in [0, 0.1) is 5.92 Å². The minimum atomic E-state index is -0.812. The van der Waals surface area contributed by atoms with Crippen molar-refractivity contribution in [3.8, 4) is 0 Å². The van der Waals surface area contributed by atoms with Crippen LogP contribution in [0.5, 0.6) is 0 Å². The summed E-state index contributed by atoms with van der Waals surface area (Å²) < 4.78 is 0. The van der Waals surface area contributed by atoms with Gasteiger partial charge in [-0.2, -0.15) is 0 Å². The lowest BCUT2D eigenvalue weighted by Gasteiger charge is -2.26. The Labute approximate surface area is 135 Å². The number of aliphatic hydroxyl groups is 1. The molecule has 0 saturated carbocycles. The molecular weight excluding hydrogens is 280 g/mol. The van der Waals surface area contributed by atoms with E-state index in [2.05, 4.69) is 17.6 Å². The van der Waals surface area contributed by atoms with Crippen molar-refractivity contribution in [1.82, 2.24) is 10.6 Å². The minimum Gasteiger partial charge on any atom is -0.391 e. The molecule has 0 aliphatic carbocycles. The Morgan fingerprint density at radius 1 is 1.05 bits per heavy atom. The van der Waals surface area contributed by atoms with Crippen molar-refractivity contribution in [3.63, 3.8) is 0 Å². The molecule has 0 bridgehead atoms. The molecule has 0 aliphatic heterocycles. The maximum Gasteiger partial charge on any atom is 0.240 e. The Kier molecular flexibility index (Phi) is 10.3. The summed E-state index contributed by atoms with van der Waals surface area (Å²) in [5, 5.41) is 15.7. The SMILES string of the molecule is CCCCC[C@H](NC(=O)[C@@H](NC(C)C)C(C)O)C(=O)C(C)C. The van der Waals surface area contributed by atoms with Crippen LogP contribution in [0.3, 0.4) is 0 Å². The Balaban J connectivity index is 4.86. The van der Waals surface area contributed by atoms with Crippen molar-refractivity contribution in [3.05, 3.63) is 0 Å². The number of Topliss-reactive ketones (excluding diaryl/α,β-unsaturated/α-hetero) is 1. The Morgan fingerprint density at radius 3 is 2.05 bits per heavy atom. The second-order valence-corrected chi connectivity index (χ2v) is 6.65. The maximum absolute atomic E-state index is 12.4. The number of hydrogen-bond acceptors (Lipinski definition) is 4. The molecule has 3 N–H and O–H groups in total. The van der Waals surface area contributed by atoms with Crippen LogP contribution in [0.15, 0.2) is 0 Å². The van der Waals surface area contributed by atoms with Crippen molar-refractivity contribution >= 4 is 11.7 Å². The first-order valence-corrected chi connectivity index (χ1v) is 8.48. The van der Waals surface area contributed by atoms with Gasteiger partial charge in [-0.3, -0.25) is 9.59 Å². The number of ketones is 1. The Bertz CT molecular complexity index is 341. The molecule has 3 atom stereocenters. The topological polar surface area (TPSA) is 78.4 Å². The van der Waals surface area contributed by atoms with E-state index in [1.165, 1.54) is 0 Å². The molecule has 0 rings (SSSR count). The second kappa shape index (κ2) is 10.7. The lowest BCUT2D eigenvalue weighted by molar-refractivity contribution is -0.132. The molecule has 130 valence electrons. The van der Waals surface area contributed by atoms with Crippen molar-refractivity contribution in [2.75, 3.05) is 0 Å². The first-order chi connectivity index (χ1) is 10.2. The highest BCUT2D eigenvalue weighted by Gasteiger charge is 2.29. The Hall–Kier alpha value is -0.940. The first kappa shape index (κ1) is 21.1. The summed E-state index contributed by atoms with van der Waals surface area (Å²) in [5.74, 6) is -0.368. The van der Waals surface area contributed by atoms with Crippen molar-refractivity contribution in [2.45, 2.75) is 91.5 Å². The smallest absolute Gasteiger partial charge is 0.240 e. The van der Waals surface area contributed by atoms with Crippen molar-refractivity contribution in [1.29, 1.82) is 0 Å². The van der Waals surface area contributed by atoms with Gasteiger partial charge in [0, 0.05) is 12.0 Å². The zero-order valence-electron chi connectivity index (χ0n) is 15.0. The van der Waals surface area contributed by atoms with Gasteiger partial charge in [0.2, 0.25) is 5.91 Å². The number of hydrogen-bond donors (Lipinski definition) is 3. The predicted molar refractivity (Wildman–Crippen MR) is 89.7 cm³/mol. The molecule has 0 aromatic rings. The molecule has 0 saturated heterocycles. The number of aliphatic hydroxyl groups excluding tert-OH is 1. The quantitative estimate of drug-likeness (QED) is 0.510. The number of rotatable bonds is 11. The molecule has 0 fully saturated rings. The molecular formula is C17H34N2O3. The van der Waals surface area contributed by atoms with Gasteiger partial charge in [-0.1, -0.05) is 53.9 Å². The van der Waals surface area contributed by atoms with Crippen molar-refractivity contribution in [2.24, 2.45) is 5.92 Å². The van der Waals surface area contributed by atoms with E-state index in [0.717, 1.165) is 19.3 Å². The third kappa shape index (κ3) is 7.90. The first-order valence-electron chi connectivity index (χ1n) is 8.48. The minimum absolute atomic E-state index is 0.0540. The highest BCUT2D eigenvalue weighted by molar-refractivity contribution is 5.92. The summed E-state index contributed by atoms with van der Waals surface area (Å²) in [6.07, 6.45) is 2.87. The van der Waals surface area contributed by atoms with Crippen LogP contribution in [0.1, 0.15) is 67.2 Å². The van der Waals surface area contributed by atoms with Crippen molar-refractivity contribution < 1.29 is 14.7 Å². The van der Waals surface area contributed by atoms with Gasteiger partial charge in [-0.05, 0) is 13.3 Å². The van der Waals surface area contributed by atoms with Gasteiger partial charge < -0.3 is 15.7 Å².